The molecule has 0 heterocycles. The first-order valence-electron chi connectivity index (χ1n) is 8.00. The second kappa shape index (κ2) is 15.3. The van der Waals surface area contributed by atoms with E-state index >= 15 is 0 Å². The van der Waals surface area contributed by atoms with Gasteiger partial charge in [-0.3, -0.25) is 0 Å². The van der Waals surface area contributed by atoms with Crippen molar-refractivity contribution >= 4 is 0 Å². The third-order valence-corrected chi connectivity index (χ3v) is 3.67. The maximum absolute atomic E-state index is 2.00. The van der Waals surface area contributed by atoms with Crippen LogP contribution in [0.15, 0.2) is 36.4 Å². The van der Waals surface area contributed by atoms with Crippen molar-refractivity contribution in [2.24, 2.45) is 0 Å². The molecule has 0 spiro atoms. The normalized spacial score (nSPS) is 17.7. The zero-order chi connectivity index (χ0) is 12.7. The molecule has 0 aromatic heterocycles. The van der Waals surface area contributed by atoms with Crippen molar-refractivity contribution in [2.45, 2.75) is 84.5 Å². The van der Waals surface area contributed by atoms with E-state index < -0.39 is 0 Å². The largest absolute Gasteiger partial charge is 0.0776 e. The molecule has 0 amide bonds. The smallest absolute Gasteiger partial charge is 0.0533 e. The standard InChI is InChI=1S/2C6H12.C6H6.CH4/c3*1-2-4-6-5-3-1;/h2*1-6H2;1-6H;1H4. The van der Waals surface area contributed by atoms with E-state index in [1.165, 1.54) is 77.0 Å². The van der Waals surface area contributed by atoms with Crippen LogP contribution >= 0.6 is 0 Å². The van der Waals surface area contributed by atoms with Crippen LogP contribution in [0, 0.1) is 0 Å². The molecular formula is C19H34. The Hall–Kier alpha value is -0.780. The molecule has 0 unspecified atom stereocenters. The van der Waals surface area contributed by atoms with E-state index in [-0.39, 0.29) is 7.43 Å². The van der Waals surface area contributed by atoms with Crippen molar-refractivity contribution in [3.8, 4) is 0 Å². The fourth-order valence-electron chi connectivity index (χ4n) is 2.51. The van der Waals surface area contributed by atoms with Crippen molar-refractivity contribution < 1.29 is 0 Å². The summed E-state index contributed by atoms with van der Waals surface area (Å²) in [5.41, 5.74) is 0. The van der Waals surface area contributed by atoms with Crippen LogP contribution in [0.2, 0.25) is 0 Å². The van der Waals surface area contributed by atoms with Gasteiger partial charge in [0.1, 0.15) is 0 Å². The molecule has 0 nitrogen and oxygen atoms in total. The Kier molecular flexibility index (Phi) is 14.7. The Balaban J connectivity index is 0.000000249. The zero-order valence-electron chi connectivity index (χ0n) is 11.9. The van der Waals surface area contributed by atoms with Crippen molar-refractivity contribution in [1.29, 1.82) is 0 Å². The molecule has 19 heavy (non-hydrogen) atoms. The van der Waals surface area contributed by atoms with Gasteiger partial charge in [-0.15, -0.1) is 0 Å². The Labute approximate surface area is 121 Å². The van der Waals surface area contributed by atoms with Gasteiger partial charge in [0.05, 0.1) is 0 Å². The highest BCUT2D eigenvalue weighted by Crippen LogP contribution is 2.15. The number of benzene rings is 1. The van der Waals surface area contributed by atoms with Gasteiger partial charge >= 0.3 is 0 Å². The maximum Gasteiger partial charge on any atom is -0.0533 e. The summed E-state index contributed by atoms with van der Waals surface area (Å²) in [5.74, 6) is 0. The minimum absolute atomic E-state index is 0. The molecule has 3 rings (SSSR count). The first-order chi connectivity index (χ1) is 9.00. The Bertz CT molecular complexity index is 170. The first-order valence-corrected chi connectivity index (χ1v) is 8.00. The van der Waals surface area contributed by atoms with Crippen molar-refractivity contribution in [1.82, 2.24) is 0 Å². The van der Waals surface area contributed by atoms with E-state index in [0.717, 1.165) is 0 Å². The molecule has 0 radical (unpaired) electrons. The summed E-state index contributed by atoms with van der Waals surface area (Å²) in [4.78, 5) is 0. The van der Waals surface area contributed by atoms with Crippen molar-refractivity contribution in [3.05, 3.63) is 36.4 Å². The summed E-state index contributed by atoms with van der Waals surface area (Å²) < 4.78 is 0. The Morgan fingerprint density at radius 2 is 0.368 bits per heavy atom. The lowest BCUT2D eigenvalue weighted by Gasteiger charge is -2.05. The fourth-order valence-corrected chi connectivity index (χ4v) is 2.51. The topological polar surface area (TPSA) is 0 Å². The molecule has 0 aliphatic heterocycles. The van der Waals surface area contributed by atoms with Gasteiger partial charge in [-0.05, 0) is 0 Å². The van der Waals surface area contributed by atoms with Gasteiger partial charge in [-0.25, -0.2) is 0 Å². The number of hydrogen-bond donors (Lipinski definition) is 0. The van der Waals surface area contributed by atoms with Gasteiger partial charge in [-0.1, -0.05) is 121 Å². The van der Waals surface area contributed by atoms with E-state index in [1.54, 1.807) is 0 Å². The molecule has 0 saturated heterocycles. The molecule has 0 heteroatoms. The molecule has 1 aromatic rings. The van der Waals surface area contributed by atoms with Crippen LogP contribution in [0.5, 0.6) is 0 Å². The quantitative estimate of drug-likeness (QED) is 0.472. The average molecular weight is 262 g/mol. The predicted octanol–water partition coefficient (Wildman–Crippen LogP) is 7.00. The molecule has 1 aromatic carbocycles. The number of rotatable bonds is 0. The molecule has 0 atom stereocenters. The van der Waals surface area contributed by atoms with Crippen LogP contribution in [0.1, 0.15) is 84.5 Å². The lowest BCUT2D eigenvalue weighted by molar-refractivity contribution is 0.504. The monoisotopic (exact) mass is 262 g/mol. The van der Waals surface area contributed by atoms with Gasteiger partial charge in [0.25, 0.3) is 0 Å². The Morgan fingerprint density at radius 3 is 0.474 bits per heavy atom. The lowest BCUT2D eigenvalue weighted by Crippen LogP contribution is -1.85. The van der Waals surface area contributed by atoms with E-state index in [0.29, 0.717) is 0 Å². The zero-order valence-corrected chi connectivity index (χ0v) is 11.9. The predicted molar refractivity (Wildman–Crippen MR) is 88.6 cm³/mol. The summed E-state index contributed by atoms with van der Waals surface area (Å²) in [6.07, 6.45) is 18.0. The van der Waals surface area contributed by atoms with Gasteiger partial charge in [0.2, 0.25) is 0 Å². The van der Waals surface area contributed by atoms with E-state index in [1.807, 2.05) is 36.4 Å². The number of hydrogen-bond acceptors (Lipinski definition) is 0. The van der Waals surface area contributed by atoms with Gasteiger partial charge < -0.3 is 0 Å². The molecule has 0 bridgehead atoms. The van der Waals surface area contributed by atoms with Crippen LogP contribution in [0.4, 0.5) is 0 Å². The summed E-state index contributed by atoms with van der Waals surface area (Å²) in [6, 6.07) is 12.0. The molecule has 2 aliphatic carbocycles. The SMILES string of the molecule is C.C1CCCCC1.C1CCCCC1.c1ccccc1. The van der Waals surface area contributed by atoms with Gasteiger partial charge in [0.15, 0.2) is 0 Å². The molecular weight excluding hydrogens is 228 g/mol. The lowest BCUT2D eigenvalue weighted by atomic mass is 10.0. The van der Waals surface area contributed by atoms with E-state index in [2.05, 4.69) is 0 Å². The molecule has 2 saturated carbocycles. The first kappa shape index (κ1) is 18.2. The third kappa shape index (κ3) is 13.5. The van der Waals surface area contributed by atoms with E-state index in [4.69, 9.17) is 0 Å². The highest BCUT2D eigenvalue weighted by molar-refractivity contribution is 4.99. The van der Waals surface area contributed by atoms with E-state index in [9.17, 15) is 0 Å². The maximum atomic E-state index is 2.00. The van der Waals surface area contributed by atoms with Crippen LogP contribution in [-0.4, -0.2) is 0 Å². The molecule has 110 valence electrons. The van der Waals surface area contributed by atoms with Gasteiger partial charge in [-0.2, -0.15) is 0 Å². The van der Waals surface area contributed by atoms with Crippen LogP contribution in [0.25, 0.3) is 0 Å². The average Bonchev–Trinajstić information content (AvgIpc) is 2.54. The minimum atomic E-state index is 0. The van der Waals surface area contributed by atoms with Crippen LogP contribution in [0.3, 0.4) is 0 Å². The molecule has 2 aliphatic rings. The highest BCUT2D eigenvalue weighted by atomic mass is 14.0. The highest BCUT2D eigenvalue weighted by Gasteiger charge is 1.96. The molecule has 2 fully saturated rings. The van der Waals surface area contributed by atoms with Gasteiger partial charge in [0, 0.05) is 0 Å². The Morgan fingerprint density at radius 1 is 0.263 bits per heavy atom. The van der Waals surface area contributed by atoms with Crippen molar-refractivity contribution in [2.75, 3.05) is 0 Å². The summed E-state index contributed by atoms with van der Waals surface area (Å²) >= 11 is 0. The summed E-state index contributed by atoms with van der Waals surface area (Å²) in [6.45, 7) is 0. The second-order valence-corrected chi connectivity index (χ2v) is 5.40. The summed E-state index contributed by atoms with van der Waals surface area (Å²) in [5, 5.41) is 0. The van der Waals surface area contributed by atoms with Crippen molar-refractivity contribution in [3.63, 3.8) is 0 Å². The minimum Gasteiger partial charge on any atom is -0.0776 e. The molecule has 0 N–H and O–H groups in total. The summed E-state index contributed by atoms with van der Waals surface area (Å²) in [7, 11) is 0. The van der Waals surface area contributed by atoms with Crippen LogP contribution in [-0.2, 0) is 0 Å². The third-order valence-electron chi connectivity index (χ3n) is 3.67. The fraction of sp³-hybridized carbons (Fsp3) is 0.684. The second-order valence-electron chi connectivity index (χ2n) is 5.40. The van der Waals surface area contributed by atoms with Crippen LogP contribution < -0.4 is 0 Å².